The Morgan fingerprint density at radius 3 is 2.95 bits per heavy atom. The smallest absolute Gasteiger partial charge is 0.257 e. The molecule has 1 unspecified atom stereocenters. The Hall–Kier alpha value is -0.650. The number of likely N-dealkylation sites (tertiary alicyclic amines) is 1. The van der Waals surface area contributed by atoms with Gasteiger partial charge >= 0.3 is 0 Å². The molecule has 0 radical (unpaired) electrons. The van der Waals surface area contributed by atoms with Crippen molar-refractivity contribution in [2.24, 2.45) is 5.92 Å². The van der Waals surface area contributed by atoms with Gasteiger partial charge in [-0.2, -0.15) is 0 Å². The van der Waals surface area contributed by atoms with Gasteiger partial charge in [-0.3, -0.25) is 4.79 Å². The largest absolute Gasteiger partial charge is 0.338 e. The molecule has 1 saturated heterocycles. The van der Waals surface area contributed by atoms with Crippen molar-refractivity contribution >= 4 is 34.2 Å². The second-order valence-electron chi connectivity index (χ2n) is 4.91. The third kappa shape index (κ3) is 3.93. The van der Waals surface area contributed by atoms with Gasteiger partial charge in [0.25, 0.3) is 5.91 Å². The first-order valence-electron chi connectivity index (χ1n) is 6.51. The molecule has 1 N–H and O–H groups in total. The lowest BCUT2D eigenvalue weighted by atomic mass is 9.97. The Morgan fingerprint density at radius 2 is 2.30 bits per heavy atom. The molecule has 6 heteroatoms. The van der Waals surface area contributed by atoms with Gasteiger partial charge in [-0.15, -0.1) is 12.4 Å². The molecule has 0 bridgehead atoms. The van der Waals surface area contributed by atoms with E-state index in [0.29, 0.717) is 23.5 Å². The number of hydrogen-bond acceptors (Lipinski definition) is 2. The fraction of sp³-hybridized carbons (Fsp3) is 0.500. The van der Waals surface area contributed by atoms with Gasteiger partial charge in [-0.25, -0.2) is 4.39 Å². The quantitative estimate of drug-likeness (QED) is 0.893. The van der Waals surface area contributed by atoms with Crippen molar-refractivity contribution in [3.8, 4) is 0 Å². The van der Waals surface area contributed by atoms with Crippen molar-refractivity contribution in [2.45, 2.75) is 12.8 Å². The van der Waals surface area contributed by atoms with Crippen molar-refractivity contribution < 1.29 is 9.18 Å². The van der Waals surface area contributed by atoms with E-state index in [1.807, 2.05) is 7.05 Å². The van der Waals surface area contributed by atoms with E-state index < -0.39 is 5.82 Å². The van der Waals surface area contributed by atoms with Crippen LogP contribution in [0.1, 0.15) is 23.2 Å². The molecule has 1 aliphatic rings. The predicted molar refractivity (Wildman–Crippen MR) is 83.9 cm³/mol. The summed E-state index contributed by atoms with van der Waals surface area (Å²) in [5.41, 5.74) is 0.146. The summed E-state index contributed by atoms with van der Waals surface area (Å²) >= 11 is 3.26. The normalized spacial score (nSPS) is 18.6. The SMILES string of the molecule is CNCC1CCCN(C(=O)c2c(F)cccc2Br)C1.Cl. The zero-order valence-corrected chi connectivity index (χ0v) is 13.8. The second kappa shape index (κ2) is 7.96. The summed E-state index contributed by atoms with van der Waals surface area (Å²) in [6.07, 6.45) is 2.09. The number of hydrogen-bond donors (Lipinski definition) is 1. The van der Waals surface area contributed by atoms with Gasteiger partial charge in [0, 0.05) is 17.6 Å². The average molecular weight is 366 g/mol. The summed E-state index contributed by atoms with van der Waals surface area (Å²) < 4.78 is 14.3. The van der Waals surface area contributed by atoms with Crippen molar-refractivity contribution in [3.63, 3.8) is 0 Å². The van der Waals surface area contributed by atoms with E-state index >= 15 is 0 Å². The van der Waals surface area contributed by atoms with Gasteiger partial charge in [0.1, 0.15) is 5.82 Å². The zero-order valence-electron chi connectivity index (χ0n) is 11.4. The van der Waals surface area contributed by atoms with Crippen molar-refractivity contribution in [2.75, 3.05) is 26.7 Å². The molecule has 112 valence electrons. The highest BCUT2D eigenvalue weighted by molar-refractivity contribution is 9.10. The first-order valence-corrected chi connectivity index (χ1v) is 7.30. The minimum Gasteiger partial charge on any atom is -0.338 e. The van der Waals surface area contributed by atoms with Gasteiger partial charge in [0.05, 0.1) is 5.56 Å². The molecule has 1 atom stereocenters. The highest BCUT2D eigenvalue weighted by Gasteiger charge is 2.26. The molecular weight excluding hydrogens is 347 g/mol. The Labute approximate surface area is 133 Å². The number of piperidine rings is 1. The summed E-state index contributed by atoms with van der Waals surface area (Å²) in [6.45, 7) is 2.29. The lowest BCUT2D eigenvalue weighted by Gasteiger charge is -2.33. The molecule has 1 aromatic rings. The molecule has 2 rings (SSSR count). The fourth-order valence-electron chi connectivity index (χ4n) is 2.57. The van der Waals surface area contributed by atoms with Crippen molar-refractivity contribution in [1.29, 1.82) is 0 Å². The first-order chi connectivity index (χ1) is 9.13. The number of amides is 1. The summed E-state index contributed by atoms with van der Waals surface area (Å²) in [5.74, 6) is -0.228. The van der Waals surface area contributed by atoms with E-state index in [0.717, 1.165) is 19.4 Å². The van der Waals surface area contributed by atoms with Crippen LogP contribution in [0.2, 0.25) is 0 Å². The van der Waals surface area contributed by atoms with E-state index in [-0.39, 0.29) is 23.9 Å². The third-order valence-corrected chi connectivity index (χ3v) is 4.14. The number of halogens is 3. The molecule has 0 aliphatic carbocycles. The van der Waals surface area contributed by atoms with Crippen LogP contribution in [0.3, 0.4) is 0 Å². The molecule has 3 nitrogen and oxygen atoms in total. The van der Waals surface area contributed by atoms with E-state index in [1.165, 1.54) is 6.07 Å². The Bertz CT molecular complexity index is 450. The summed E-state index contributed by atoms with van der Waals surface area (Å²) in [7, 11) is 1.91. The van der Waals surface area contributed by atoms with Gasteiger partial charge in [-0.1, -0.05) is 6.07 Å². The minimum absolute atomic E-state index is 0. The van der Waals surface area contributed by atoms with Gasteiger partial charge < -0.3 is 10.2 Å². The number of benzene rings is 1. The Balaban J connectivity index is 0.00000200. The van der Waals surface area contributed by atoms with Gasteiger partial charge in [0.15, 0.2) is 0 Å². The summed E-state index contributed by atoms with van der Waals surface area (Å²) in [4.78, 5) is 14.2. The van der Waals surface area contributed by atoms with Crippen LogP contribution in [0.4, 0.5) is 4.39 Å². The van der Waals surface area contributed by atoms with Crippen molar-refractivity contribution in [1.82, 2.24) is 10.2 Å². The van der Waals surface area contributed by atoms with Crippen LogP contribution in [-0.4, -0.2) is 37.5 Å². The standard InChI is InChI=1S/C14H18BrFN2O.ClH/c1-17-8-10-4-3-7-18(9-10)14(19)13-11(15)5-2-6-12(13)16;/h2,5-6,10,17H,3-4,7-9H2,1H3;1H. The van der Waals surface area contributed by atoms with E-state index in [2.05, 4.69) is 21.2 Å². The molecule has 1 fully saturated rings. The number of carbonyl (C=O) groups excluding carboxylic acids is 1. The predicted octanol–water partition coefficient (Wildman–Crippen LogP) is 3.08. The lowest BCUT2D eigenvalue weighted by molar-refractivity contribution is 0.0668. The second-order valence-corrected chi connectivity index (χ2v) is 5.77. The maximum absolute atomic E-state index is 13.8. The third-order valence-electron chi connectivity index (χ3n) is 3.48. The summed E-state index contributed by atoms with van der Waals surface area (Å²) in [5, 5.41) is 3.14. The maximum Gasteiger partial charge on any atom is 0.257 e. The maximum atomic E-state index is 13.8. The number of carbonyl (C=O) groups is 1. The van der Waals surface area contributed by atoms with Crippen LogP contribution >= 0.6 is 28.3 Å². The highest BCUT2D eigenvalue weighted by Crippen LogP contribution is 2.24. The molecule has 1 heterocycles. The van der Waals surface area contributed by atoms with Crippen molar-refractivity contribution in [3.05, 3.63) is 34.1 Å². The van der Waals surface area contributed by atoms with Crippen LogP contribution in [0.15, 0.2) is 22.7 Å². The van der Waals surface area contributed by atoms with Crippen LogP contribution in [-0.2, 0) is 0 Å². The number of rotatable bonds is 3. The first kappa shape index (κ1) is 17.4. The molecule has 20 heavy (non-hydrogen) atoms. The molecule has 1 aromatic carbocycles. The number of nitrogens with one attached hydrogen (secondary N) is 1. The topological polar surface area (TPSA) is 32.3 Å². The van der Waals surface area contributed by atoms with Gasteiger partial charge in [0.2, 0.25) is 0 Å². The lowest BCUT2D eigenvalue weighted by Crippen LogP contribution is -2.42. The fourth-order valence-corrected chi connectivity index (χ4v) is 3.08. The van der Waals surface area contributed by atoms with Crippen LogP contribution in [0.25, 0.3) is 0 Å². The van der Waals surface area contributed by atoms with E-state index in [9.17, 15) is 9.18 Å². The van der Waals surface area contributed by atoms with E-state index in [4.69, 9.17) is 0 Å². The van der Waals surface area contributed by atoms with Crippen LogP contribution < -0.4 is 5.32 Å². The zero-order chi connectivity index (χ0) is 13.8. The average Bonchev–Trinajstić information content (AvgIpc) is 2.39. The minimum atomic E-state index is -0.463. The molecule has 0 saturated carbocycles. The molecule has 1 amide bonds. The molecular formula is C14H19BrClFN2O. The molecule has 0 spiro atoms. The van der Waals surface area contributed by atoms with Gasteiger partial charge in [-0.05, 0) is 60.4 Å². The highest BCUT2D eigenvalue weighted by atomic mass is 79.9. The summed E-state index contributed by atoms with van der Waals surface area (Å²) in [6, 6.07) is 4.62. The van der Waals surface area contributed by atoms with Crippen LogP contribution in [0, 0.1) is 11.7 Å². The van der Waals surface area contributed by atoms with E-state index in [1.54, 1.807) is 17.0 Å². The monoisotopic (exact) mass is 364 g/mol. The molecule has 1 aliphatic heterocycles. The Kier molecular flexibility index (Phi) is 6.92. The number of nitrogens with zero attached hydrogens (tertiary/aromatic N) is 1. The van der Waals surface area contributed by atoms with Crippen LogP contribution in [0.5, 0.6) is 0 Å². The molecule has 0 aromatic heterocycles. The Morgan fingerprint density at radius 1 is 1.55 bits per heavy atom.